The first-order chi connectivity index (χ1) is 11.6. The second-order valence-electron chi connectivity index (χ2n) is 7.90. The fraction of sp³-hybridized carbons (Fsp3) is 0.789. The summed E-state index contributed by atoms with van der Waals surface area (Å²) < 4.78 is 10.7. The lowest BCUT2D eigenvalue weighted by Crippen LogP contribution is -2.48. The molecule has 6 nitrogen and oxygen atoms in total. The Kier molecular flexibility index (Phi) is 5.69. The van der Waals surface area contributed by atoms with E-state index in [0.717, 1.165) is 25.7 Å². The van der Waals surface area contributed by atoms with Crippen molar-refractivity contribution in [3.8, 4) is 0 Å². The molecule has 2 aliphatic carbocycles. The molecule has 140 valence electrons. The van der Waals surface area contributed by atoms with Gasteiger partial charge in [0.2, 0.25) is 0 Å². The molecule has 0 heterocycles. The predicted molar refractivity (Wildman–Crippen MR) is 89.7 cm³/mol. The molecule has 0 spiro atoms. The van der Waals surface area contributed by atoms with E-state index in [1.807, 2.05) is 13.8 Å². The normalized spacial score (nSPS) is 36.0. The van der Waals surface area contributed by atoms with Crippen molar-refractivity contribution in [2.24, 2.45) is 11.8 Å². The molecular formula is C19H28O6. The smallest absolute Gasteiger partial charge is 0.318 e. The highest BCUT2D eigenvalue weighted by atomic mass is 16.6. The summed E-state index contributed by atoms with van der Waals surface area (Å²) in [7, 11) is 0. The second-order valence-corrected chi connectivity index (χ2v) is 7.90. The molecule has 0 saturated heterocycles. The van der Waals surface area contributed by atoms with Crippen LogP contribution in [-0.2, 0) is 28.7 Å². The standard InChI is InChI=1S/C19H28O6/c1-12-7-5-9-18(3,16(12)22)24-14(20)11-15(21)25-19(4)10-6-8-13(2)17(19)23/h12-13H,5-11H2,1-4H3. The van der Waals surface area contributed by atoms with Crippen LogP contribution in [0.2, 0.25) is 0 Å². The summed E-state index contributed by atoms with van der Waals surface area (Å²) >= 11 is 0. The number of esters is 2. The number of carbonyl (C=O) groups excluding carboxylic acids is 4. The molecule has 0 bridgehead atoms. The van der Waals surface area contributed by atoms with Gasteiger partial charge >= 0.3 is 11.9 Å². The van der Waals surface area contributed by atoms with E-state index in [1.54, 1.807) is 13.8 Å². The summed E-state index contributed by atoms with van der Waals surface area (Å²) in [6, 6.07) is 0. The molecule has 0 N–H and O–H groups in total. The van der Waals surface area contributed by atoms with Crippen molar-refractivity contribution >= 4 is 23.5 Å². The highest BCUT2D eigenvalue weighted by molar-refractivity contribution is 5.97. The van der Waals surface area contributed by atoms with Crippen LogP contribution in [0.1, 0.15) is 72.6 Å². The van der Waals surface area contributed by atoms with E-state index in [-0.39, 0.29) is 23.4 Å². The number of rotatable bonds is 4. The summed E-state index contributed by atoms with van der Waals surface area (Å²) in [6.07, 6.45) is 3.50. The van der Waals surface area contributed by atoms with Crippen molar-refractivity contribution < 1.29 is 28.7 Å². The van der Waals surface area contributed by atoms with Crippen LogP contribution in [0.15, 0.2) is 0 Å². The van der Waals surface area contributed by atoms with Crippen LogP contribution >= 0.6 is 0 Å². The van der Waals surface area contributed by atoms with Crippen molar-refractivity contribution in [3.63, 3.8) is 0 Å². The maximum Gasteiger partial charge on any atom is 0.318 e. The molecule has 0 aromatic heterocycles. The van der Waals surface area contributed by atoms with E-state index in [9.17, 15) is 19.2 Å². The first-order valence-corrected chi connectivity index (χ1v) is 9.10. The van der Waals surface area contributed by atoms with Gasteiger partial charge in [-0.2, -0.15) is 0 Å². The Labute approximate surface area is 148 Å². The van der Waals surface area contributed by atoms with Gasteiger partial charge in [0.25, 0.3) is 0 Å². The summed E-state index contributed by atoms with van der Waals surface area (Å²) in [6.45, 7) is 6.83. The van der Waals surface area contributed by atoms with Crippen LogP contribution in [0, 0.1) is 11.8 Å². The molecule has 0 radical (unpaired) electrons. The number of hydrogen-bond donors (Lipinski definition) is 0. The molecule has 2 saturated carbocycles. The van der Waals surface area contributed by atoms with Gasteiger partial charge in [-0.05, 0) is 52.4 Å². The minimum atomic E-state index is -1.17. The SMILES string of the molecule is CC1CCCC(C)(OC(=O)CC(=O)OC2(C)CCCC(C)C2=O)C1=O. The number of carbonyl (C=O) groups is 4. The minimum Gasteiger partial charge on any atom is -0.451 e. The van der Waals surface area contributed by atoms with Gasteiger partial charge in [0.1, 0.15) is 6.42 Å². The van der Waals surface area contributed by atoms with E-state index in [0.29, 0.717) is 12.8 Å². The predicted octanol–water partition coefficient (Wildman–Crippen LogP) is 2.76. The topological polar surface area (TPSA) is 86.7 Å². The Hall–Kier alpha value is -1.72. The van der Waals surface area contributed by atoms with Gasteiger partial charge in [0.05, 0.1) is 0 Å². The van der Waals surface area contributed by atoms with Crippen molar-refractivity contribution in [3.05, 3.63) is 0 Å². The molecular weight excluding hydrogens is 324 g/mol. The highest BCUT2D eigenvalue weighted by Crippen LogP contribution is 2.33. The summed E-state index contributed by atoms with van der Waals surface area (Å²) in [4.78, 5) is 48.8. The minimum absolute atomic E-state index is 0.108. The molecule has 0 amide bonds. The molecule has 2 aliphatic rings. The summed E-state index contributed by atoms with van der Waals surface area (Å²) in [5.41, 5.74) is -2.35. The van der Waals surface area contributed by atoms with Crippen LogP contribution in [0.5, 0.6) is 0 Å². The van der Waals surface area contributed by atoms with E-state index in [4.69, 9.17) is 9.47 Å². The van der Waals surface area contributed by atoms with Crippen molar-refractivity contribution in [2.75, 3.05) is 0 Å². The lowest BCUT2D eigenvalue weighted by molar-refractivity contribution is -0.180. The van der Waals surface area contributed by atoms with Crippen LogP contribution < -0.4 is 0 Å². The van der Waals surface area contributed by atoms with Crippen molar-refractivity contribution in [1.82, 2.24) is 0 Å². The molecule has 6 heteroatoms. The molecule has 2 rings (SSSR count). The molecule has 2 fully saturated rings. The van der Waals surface area contributed by atoms with Crippen molar-refractivity contribution in [2.45, 2.75) is 83.8 Å². The zero-order valence-electron chi connectivity index (χ0n) is 15.6. The average Bonchev–Trinajstić information content (AvgIpc) is 2.50. The first kappa shape index (κ1) is 19.6. The molecule has 25 heavy (non-hydrogen) atoms. The van der Waals surface area contributed by atoms with Gasteiger partial charge < -0.3 is 9.47 Å². The van der Waals surface area contributed by atoms with Gasteiger partial charge in [0.15, 0.2) is 22.8 Å². The Morgan fingerprint density at radius 1 is 0.880 bits per heavy atom. The van der Waals surface area contributed by atoms with Gasteiger partial charge in [-0.15, -0.1) is 0 Å². The number of ketones is 2. The maximum atomic E-state index is 12.3. The molecule has 4 atom stereocenters. The van der Waals surface area contributed by atoms with Gasteiger partial charge in [-0.3, -0.25) is 19.2 Å². The molecule has 0 aromatic rings. The monoisotopic (exact) mass is 352 g/mol. The third-order valence-electron chi connectivity index (χ3n) is 5.49. The second kappa shape index (κ2) is 7.26. The Morgan fingerprint density at radius 2 is 1.24 bits per heavy atom. The van der Waals surface area contributed by atoms with Crippen LogP contribution in [-0.4, -0.2) is 34.7 Å². The lowest BCUT2D eigenvalue weighted by Gasteiger charge is -2.35. The summed E-state index contributed by atoms with van der Waals surface area (Å²) in [5, 5.41) is 0. The van der Waals surface area contributed by atoms with E-state index < -0.39 is 29.6 Å². The Bertz CT molecular complexity index is 532. The Morgan fingerprint density at radius 3 is 1.60 bits per heavy atom. The quantitative estimate of drug-likeness (QED) is 0.571. The van der Waals surface area contributed by atoms with Gasteiger partial charge in [0, 0.05) is 11.8 Å². The van der Waals surface area contributed by atoms with Gasteiger partial charge in [-0.1, -0.05) is 13.8 Å². The van der Waals surface area contributed by atoms with E-state index in [2.05, 4.69) is 0 Å². The van der Waals surface area contributed by atoms with Crippen LogP contribution in [0.25, 0.3) is 0 Å². The molecule has 0 aromatic carbocycles. The maximum absolute atomic E-state index is 12.3. The average molecular weight is 352 g/mol. The van der Waals surface area contributed by atoms with E-state index >= 15 is 0 Å². The highest BCUT2D eigenvalue weighted by Gasteiger charge is 2.44. The fourth-order valence-corrected chi connectivity index (χ4v) is 3.94. The molecule has 4 unspecified atom stereocenters. The number of Topliss-reactive ketones (excluding diaryl/α,β-unsaturated/α-hetero) is 2. The largest absolute Gasteiger partial charge is 0.451 e. The zero-order chi connectivity index (χ0) is 18.8. The third kappa shape index (κ3) is 4.28. The first-order valence-electron chi connectivity index (χ1n) is 9.10. The third-order valence-corrected chi connectivity index (χ3v) is 5.49. The van der Waals surface area contributed by atoms with Gasteiger partial charge in [-0.25, -0.2) is 0 Å². The number of hydrogen-bond acceptors (Lipinski definition) is 6. The van der Waals surface area contributed by atoms with Crippen LogP contribution in [0.3, 0.4) is 0 Å². The Balaban J connectivity index is 1.93. The zero-order valence-corrected chi connectivity index (χ0v) is 15.6. The molecule has 0 aliphatic heterocycles. The van der Waals surface area contributed by atoms with Crippen LogP contribution in [0.4, 0.5) is 0 Å². The van der Waals surface area contributed by atoms with Crippen molar-refractivity contribution in [1.29, 1.82) is 0 Å². The fourth-order valence-electron chi connectivity index (χ4n) is 3.94. The lowest BCUT2D eigenvalue weighted by atomic mass is 9.78. The summed E-state index contributed by atoms with van der Waals surface area (Å²) in [5.74, 6) is -2.09. The number of ether oxygens (including phenoxy) is 2. The van der Waals surface area contributed by atoms with E-state index in [1.165, 1.54) is 0 Å².